The normalized spacial score (nSPS) is 10.0. The molecule has 0 aliphatic rings. The van der Waals surface area contributed by atoms with E-state index in [1.807, 2.05) is 18.2 Å². The van der Waals surface area contributed by atoms with Crippen molar-refractivity contribution in [2.24, 2.45) is 0 Å². The fourth-order valence-corrected chi connectivity index (χ4v) is 1.79. The number of nitrogens with one attached hydrogen (secondary N) is 2. The van der Waals surface area contributed by atoms with Crippen LogP contribution in [0.15, 0.2) is 28.7 Å². The molecule has 0 bridgehead atoms. The van der Waals surface area contributed by atoms with Crippen LogP contribution in [0, 0.1) is 0 Å². The molecule has 1 aromatic carbocycles. The van der Waals surface area contributed by atoms with Gasteiger partial charge in [0.1, 0.15) is 6.42 Å². The Kier molecular flexibility index (Phi) is 7.14. The molecule has 0 spiro atoms. The largest absolute Gasteiger partial charge is 0.385 e. The van der Waals surface area contributed by atoms with E-state index in [0.717, 1.165) is 10.9 Å². The first-order valence-electron chi connectivity index (χ1n) is 5.93. The Morgan fingerprint density at radius 3 is 2.68 bits per heavy atom. The molecule has 0 fully saturated rings. The molecule has 0 saturated carbocycles. The maximum Gasteiger partial charge on any atom is 0.233 e. The lowest BCUT2D eigenvalue weighted by atomic mass is 10.3. The lowest BCUT2D eigenvalue weighted by Crippen LogP contribution is -2.29. The van der Waals surface area contributed by atoms with E-state index in [1.54, 1.807) is 13.2 Å². The summed E-state index contributed by atoms with van der Waals surface area (Å²) in [5.41, 5.74) is 0.652. The van der Waals surface area contributed by atoms with Crippen molar-refractivity contribution in [1.82, 2.24) is 5.32 Å². The van der Waals surface area contributed by atoms with Crippen LogP contribution < -0.4 is 10.6 Å². The molecule has 0 unspecified atom stereocenters. The molecule has 0 atom stereocenters. The molecule has 1 rings (SSSR count). The number of anilines is 1. The zero-order valence-corrected chi connectivity index (χ0v) is 12.3. The summed E-state index contributed by atoms with van der Waals surface area (Å²) in [6.07, 6.45) is 0.544. The van der Waals surface area contributed by atoms with Crippen LogP contribution in [-0.2, 0) is 14.3 Å². The predicted octanol–water partition coefficient (Wildman–Crippen LogP) is 1.93. The van der Waals surface area contributed by atoms with Crippen molar-refractivity contribution in [2.75, 3.05) is 25.6 Å². The minimum absolute atomic E-state index is 0.186. The second-order valence-electron chi connectivity index (χ2n) is 3.90. The Morgan fingerprint density at radius 2 is 2.00 bits per heavy atom. The summed E-state index contributed by atoms with van der Waals surface area (Å²) in [5, 5.41) is 5.33. The highest BCUT2D eigenvalue weighted by Crippen LogP contribution is 2.21. The van der Waals surface area contributed by atoms with Gasteiger partial charge in [-0.25, -0.2) is 0 Å². The third-order valence-electron chi connectivity index (χ3n) is 2.32. The minimum Gasteiger partial charge on any atom is -0.385 e. The van der Waals surface area contributed by atoms with Crippen molar-refractivity contribution < 1.29 is 14.3 Å². The lowest BCUT2D eigenvalue weighted by Gasteiger charge is -2.07. The maximum atomic E-state index is 11.6. The van der Waals surface area contributed by atoms with E-state index in [9.17, 15) is 9.59 Å². The summed E-state index contributed by atoms with van der Waals surface area (Å²) in [5.74, 6) is -0.628. The third kappa shape index (κ3) is 6.35. The Morgan fingerprint density at radius 1 is 1.26 bits per heavy atom. The SMILES string of the molecule is COCCCNC(=O)CC(=O)Nc1ccccc1Br. The monoisotopic (exact) mass is 328 g/mol. The van der Waals surface area contributed by atoms with Gasteiger partial charge in [0, 0.05) is 24.7 Å². The second kappa shape index (κ2) is 8.66. The number of methoxy groups -OCH3 is 1. The van der Waals surface area contributed by atoms with Gasteiger partial charge in [0.2, 0.25) is 11.8 Å². The molecular formula is C13H17BrN2O3. The minimum atomic E-state index is -0.337. The molecule has 2 N–H and O–H groups in total. The summed E-state index contributed by atoms with van der Waals surface area (Å²) in [4.78, 5) is 23.1. The van der Waals surface area contributed by atoms with E-state index >= 15 is 0 Å². The third-order valence-corrected chi connectivity index (χ3v) is 3.01. The van der Waals surface area contributed by atoms with Crippen molar-refractivity contribution in [3.05, 3.63) is 28.7 Å². The smallest absolute Gasteiger partial charge is 0.233 e. The average molecular weight is 329 g/mol. The molecule has 104 valence electrons. The van der Waals surface area contributed by atoms with Gasteiger partial charge in [-0.3, -0.25) is 9.59 Å². The van der Waals surface area contributed by atoms with Crippen LogP contribution in [-0.4, -0.2) is 32.1 Å². The number of halogens is 1. The van der Waals surface area contributed by atoms with E-state index in [-0.39, 0.29) is 18.2 Å². The predicted molar refractivity (Wildman–Crippen MR) is 76.9 cm³/mol. The highest BCUT2D eigenvalue weighted by atomic mass is 79.9. The number of hydrogen-bond acceptors (Lipinski definition) is 3. The molecule has 0 radical (unpaired) electrons. The molecule has 0 aromatic heterocycles. The Balaban J connectivity index is 2.31. The van der Waals surface area contributed by atoms with Gasteiger partial charge in [0.05, 0.1) is 5.69 Å². The van der Waals surface area contributed by atoms with Crippen molar-refractivity contribution in [2.45, 2.75) is 12.8 Å². The van der Waals surface area contributed by atoms with Crippen LogP contribution in [0.5, 0.6) is 0 Å². The number of rotatable bonds is 7. The molecule has 1 aromatic rings. The summed E-state index contributed by atoms with van der Waals surface area (Å²) in [6, 6.07) is 7.24. The first-order valence-corrected chi connectivity index (χ1v) is 6.73. The van der Waals surface area contributed by atoms with Gasteiger partial charge in [0.15, 0.2) is 0 Å². The van der Waals surface area contributed by atoms with Gasteiger partial charge in [-0.2, -0.15) is 0 Å². The number of benzene rings is 1. The molecule has 6 heteroatoms. The van der Waals surface area contributed by atoms with Crippen LogP contribution in [0.25, 0.3) is 0 Å². The van der Waals surface area contributed by atoms with Crippen molar-refractivity contribution in [3.63, 3.8) is 0 Å². The molecule has 19 heavy (non-hydrogen) atoms. The van der Waals surface area contributed by atoms with Crippen LogP contribution in [0.1, 0.15) is 12.8 Å². The molecule has 0 aliphatic carbocycles. The number of carbonyl (C=O) groups excluding carboxylic acids is 2. The second-order valence-corrected chi connectivity index (χ2v) is 4.76. The maximum absolute atomic E-state index is 11.6. The highest BCUT2D eigenvalue weighted by Gasteiger charge is 2.10. The first-order chi connectivity index (χ1) is 9.13. The van der Waals surface area contributed by atoms with Crippen LogP contribution in [0.2, 0.25) is 0 Å². The van der Waals surface area contributed by atoms with E-state index in [0.29, 0.717) is 18.8 Å². The number of carbonyl (C=O) groups is 2. The van der Waals surface area contributed by atoms with E-state index < -0.39 is 0 Å². The summed E-state index contributed by atoms with van der Waals surface area (Å²) in [6.45, 7) is 1.10. The Bertz CT molecular complexity index is 438. The molecule has 0 aliphatic heterocycles. The van der Waals surface area contributed by atoms with E-state index in [2.05, 4.69) is 26.6 Å². The number of amides is 2. The first kappa shape index (κ1) is 15.7. The van der Waals surface area contributed by atoms with Crippen molar-refractivity contribution in [3.8, 4) is 0 Å². The Hall–Kier alpha value is -1.40. The quantitative estimate of drug-likeness (QED) is 0.593. The topological polar surface area (TPSA) is 67.4 Å². The summed E-state index contributed by atoms with van der Waals surface area (Å²) >= 11 is 3.32. The van der Waals surface area contributed by atoms with Crippen LogP contribution in [0.3, 0.4) is 0 Å². The Labute approximate surface area is 120 Å². The molecular weight excluding hydrogens is 312 g/mol. The van der Waals surface area contributed by atoms with Gasteiger partial charge in [-0.15, -0.1) is 0 Å². The summed E-state index contributed by atoms with van der Waals surface area (Å²) in [7, 11) is 1.60. The molecule has 0 saturated heterocycles. The molecule has 2 amide bonds. The zero-order chi connectivity index (χ0) is 14.1. The molecule has 5 nitrogen and oxygen atoms in total. The average Bonchev–Trinajstić information content (AvgIpc) is 2.37. The molecule has 0 heterocycles. The fourth-order valence-electron chi connectivity index (χ4n) is 1.41. The zero-order valence-electron chi connectivity index (χ0n) is 10.7. The highest BCUT2D eigenvalue weighted by molar-refractivity contribution is 9.10. The standard InChI is InChI=1S/C13H17BrN2O3/c1-19-8-4-7-15-12(17)9-13(18)16-11-6-3-2-5-10(11)14/h2-3,5-6H,4,7-9H2,1H3,(H,15,17)(H,16,18). The number of ether oxygens (including phenoxy) is 1. The van der Waals surface area contributed by atoms with E-state index in [4.69, 9.17) is 4.74 Å². The van der Waals surface area contributed by atoms with Crippen LogP contribution in [0.4, 0.5) is 5.69 Å². The van der Waals surface area contributed by atoms with Crippen molar-refractivity contribution >= 4 is 33.4 Å². The van der Waals surface area contributed by atoms with Gasteiger partial charge in [0.25, 0.3) is 0 Å². The number of para-hydroxylation sites is 1. The lowest BCUT2D eigenvalue weighted by molar-refractivity contribution is -0.126. The van der Waals surface area contributed by atoms with Crippen LogP contribution >= 0.6 is 15.9 Å². The van der Waals surface area contributed by atoms with Gasteiger partial charge < -0.3 is 15.4 Å². The fraction of sp³-hybridized carbons (Fsp3) is 0.385. The number of hydrogen-bond donors (Lipinski definition) is 2. The van der Waals surface area contributed by atoms with Gasteiger partial charge >= 0.3 is 0 Å². The van der Waals surface area contributed by atoms with Gasteiger partial charge in [-0.05, 0) is 34.5 Å². The van der Waals surface area contributed by atoms with Gasteiger partial charge in [-0.1, -0.05) is 12.1 Å². The summed E-state index contributed by atoms with van der Waals surface area (Å²) < 4.78 is 5.64. The van der Waals surface area contributed by atoms with Crippen molar-refractivity contribution in [1.29, 1.82) is 0 Å². The van der Waals surface area contributed by atoms with E-state index in [1.165, 1.54) is 0 Å².